The SMILES string of the molecule is CCN(CC(N)=S)C(=O)C1CCCC1C. The Labute approximate surface area is 97.0 Å². The van der Waals surface area contributed by atoms with Crippen molar-refractivity contribution in [3.8, 4) is 0 Å². The summed E-state index contributed by atoms with van der Waals surface area (Å²) in [6, 6.07) is 0. The van der Waals surface area contributed by atoms with Gasteiger partial charge >= 0.3 is 0 Å². The molecule has 0 aromatic heterocycles. The molecule has 1 fully saturated rings. The Bertz CT molecular complexity index is 255. The van der Waals surface area contributed by atoms with Gasteiger partial charge in [-0.05, 0) is 25.7 Å². The average Bonchev–Trinajstić information content (AvgIpc) is 2.59. The lowest BCUT2D eigenvalue weighted by Gasteiger charge is -2.25. The van der Waals surface area contributed by atoms with E-state index in [1.807, 2.05) is 6.92 Å². The van der Waals surface area contributed by atoms with Gasteiger partial charge in [0.2, 0.25) is 5.91 Å². The Balaban J connectivity index is 2.59. The van der Waals surface area contributed by atoms with Crippen LogP contribution in [0.4, 0.5) is 0 Å². The van der Waals surface area contributed by atoms with Gasteiger partial charge < -0.3 is 10.6 Å². The first-order valence-electron chi connectivity index (χ1n) is 5.63. The van der Waals surface area contributed by atoms with Crippen molar-refractivity contribution in [1.82, 2.24) is 4.90 Å². The van der Waals surface area contributed by atoms with E-state index in [4.69, 9.17) is 18.0 Å². The molecule has 0 aliphatic heterocycles. The van der Waals surface area contributed by atoms with Gasteiger partial charge in [-0.1, -0.05) is 25.6 Å². The number of thiocarbonyl (C=S) groups is 1. The fourth-order valence-corrected chi connectivity index (χ4v) is 2.44. The molecule has 0 aromatic carbocycles. The number of nitrogens with two attached hydrogens (primary N) is 1. The second-order valence-corrected chi connectivity index (χ2v) is 4.86. The van der Waals surface area contributed by atoms with Gasteiger partial charge in [-0.25, -0.2) is 0 Å². The highest BCUT2D eigenvalue weighted by atomic mass is 32.1. The highest BCUT2D eigenvalue weighted by molar-refractivity contribution is 7.80. The van der Waals surface area contributed by atoms with Gasteiger partial charge in [0.05, 0.1) is 11.5 Å². The van der Waals surface area contributed by atoms with E-state index in [1.165, 1.54) is 12.8 Å². The largest absolute Gasteiger partial charge is 0.392 e. The number of rotatable bonds is 4. The summed E-state index contributed by atoms with van der Waals surface area (Å²) in [4.78, 5) is 14.3. The summed E-state index contributed by atoms with van der Waals surface area (Å²) in [5.74, 6) is 0.937. The molecule has 1 saturated carbocycles. The molecule has 4 heteroatoms. The van der Waals surface area contributed by atoms with Gasteiger partial charge in [0.15, 0.2) is 0 Å². The van der Waals surface area contributed by atoms with E-state index in [0.29, 0.717) is 24.0 Å². The van der Waals surface area contributed by atoms with Crippen LogP contribution < -0.4 is 5.73 Å². The number of nitrogens with zero attached hydrogens (tertiary/aromatic N) is 1. The van der Waals surface area contributed by atoms with Gasteiger partial charge in [-0.3, -0.25) is 4.79 Å². The minimum Gasteiger partial charge on any atom is -0.392 e. The molecule has 1 aliphatic rings. The molecule has 1 aliphatic carbocycles. The lowest BCUT2D eigenvalue weighted by Crippen LogP contribution is -2.41. The number of likely N-dealkylation sites (N-methyl/N-ethyl adjacent to an activating group) is 1. The van der Waals surface area contributed by atoms with Crippen molar-refractivity contribution < 1.29 is 4.79 Å². The van der Waals surface area contributed by atoms with Crippen LogP contribution in [0, 0.1) is 11.8 Å². The molecule has 0 heterocycles. The Morgan fingerprint density at radius 1 is 1.53 bits per heavy atom. The zero-order valence-electron chi connectivity index (χ0n) is 9.53. The van der Waals surface area contributed by atoms with Gasteiger partial charge in [-0.15, -0.1) is 0 Å². The van der Waals surface area contributed by atoms with Crippen molar-refractivity contribution in [3.05, 3.63) is 0 Å². The van der Waals surface area contributed by atoms with Crippen LogP contribution in [-0.4, -0.2) is 28.9 Å². The Kier molecular flexibility index (Phi) is 4.51. The molecule has 86 valence electrons. The summed E-state index contributed by atoms with van der Waals surface area (Å²) in [6.45, 7) is 5.24. The van der Waals surface area contributed by atoms with E-state index in [1.54, 1.807) is 4.90 Å². The Hall–Kier alpha value is -0.640. The molecule has 0 bridgehead atoms. The minimum absolute atomic E-state index is 0.194. The first kappa shape index (κ1) is 12.4. The maximum absolute atomic E-state index is 12.1. The maximum Gasteiger partial charge on any atom is 0.226 e. The van der Waals surface area contributed by atoms with E-state index in [9.17, 15) is 4.79 Å². The molecular formula is C11H20N2OS. The van der Waals surface area contributed by atoms with Crippen LogP contribution in [0.2, 0.25) is 0 Å². The van der Waals surface area contributed by atoms with Crippen molar-refractivity contribution in [1.29, 1.82) is 0 Å². The molecule has 0 saturated heterocycles. The highest BCUT2D eigenvalue weighted by Crippen LogP contribution is 2.32. The highest BCUT2D eigenvalue weighted by Gasteiger charge is 2.32. The van der Waals surface area contributed by atoms with Crippen molar-refractivity contribution in [3.63, 3.8) is 0 Å². The van der Waals surface area contributed by atoms with Crippen LogP contribution in [0.15, 0.2) is 0 Å². The van der Waals surface area contributed by atoms with Crippen molar-refractivity contribution in [2.24, 2.45) is 17.6 Å². The third-order valence-corrected chi connectivity index (χ3v) is 3.35. The topological polar surface area (TPSA) is 46.3 Å². The minimum atomic E-state index is 0.194. The molecule has 15 heavy (non-hydrogen) atoms. The lowest BCUT2D eigenvalue weighted by molar-refractivity contribution is -0.135. The van der Waals surface area contributed by atoms with Crippen LogP contribution in [0.25, 0.3) is 0 Å². The van der Waals surface area contributed by atoms with Gasteiger partial charge in [-0.2, -0.15) is 0 Å². The normalized spacial score (nSPS) is 25.2. The molecule has 0 radical (unpaired) electrons. The molecule has 2 atom stereocenters. The fourth-order valence-electron chi connectivity index (χ4n) is 2.28. The van der Waals surface area contributed by atoms with Crippen LogP contribution in [-0.2, 0) is 4.79 Å². The first-order valence-corrected chi connectivity index (χ1v) is 6.04. The van der Waals surface area contributed by atoms with E-state index < -0.39 is 0 Å². The number of carbonyl (C=O) groups is 1. The lowest BCUT2D eigenvalue weighted by atomic mass is 9.96. The number of hydrogen-bond donors (Lipinski definition) is 1. The second kappa shape index (κ2) is 5.45. The number of amides is 1. The van der Waals surface area contributed by atoms with Crippen LogP contribution in [0.5, 0.6) is 0 Å². The molecular weight excluding hydrogens is 208 g/mol. The van der Waals surface area contributed by atoms with Gasteiger partial charge in [0.1, 0.15) is 0 Å². The summed E-state index contributed by atoms with van der Waals surface area (Å²) < 4.78 is 0. The zero-order valence-corrected chi connectivity index (χ0v) is 10.3. The standard InChI is InChI=1S/C11H20N2OS/c1-3-13(7-10(12)15)11(14)9-6-4-5-8(9)2/h8-9H,3-7H2,1-2H3,(H2,12,15). The van der Waals surface area contributed by atoms with Crippen molar-refractivity contribution in [2.75, 3.05) is 13.1 Å². The molecule has 2 N–H and O–H groups in total. The molecule has 2 unspecified atom stereocenters. The van der Waals surface area contributed by atoms with Crippen molar-refractivity contribution in [2.45, 2.75) is 33.1 Å². The summed E-state index contributed by atoms with van der Waals surface area (Å²) in [7, 11) is 0. The predicted octanol–water partition coefficient (Wildman–Crippen LogP) is 1.56. The van der Waals surface area contributed by atoms with Gasteiger partial charge in [0.25, 0.3) is 0 Å². The summed E-state index contributed by atoms with van der Waals surface area (Å²) in [5.41, 5.74) is 5.48. The Morgan fingerprint density at radius 3 is 2.60 bits per heavy atom. The van der Waals surface area contributed by atoms with E-state index in [2.05, 4.69) is 6.92 Å². The Morgan fingerprint density at radius 2 is 2.20 bits per heavy atom. The summed E-state index contributed by atoms with van der Waals surface area (Å²) >= 11 is 4.85. The second-order valence-electron chi connectivity index (χ2n) is 4.33. The molecule has 0 aromatic rings. The zero-order chi connectivity index (χ0) is 11.4. The van der Waals surface area contributed by atoms with E-state index >= 15 is 0 Å². The number of carbonyl (C=O) groups excluding carboxylic acids is 1. The summed E-state index contributed by atoms with van der Waals surface area (Å²) in [5, 5.41) is 0. The summed E-state index contributed by atoms with van der Waals surface area (Å²) in [6.07, 6.45) is 3.36. The quantitative estimate of drug-likeness (QED) is 0.743. The smallest absolute Gasteiger partial charge is 0.226 e. The predicted molar refractivity (Wildman–Crippen MR) is 65.5 cm³/mol. The molecule has 1 amide bonds. The number of hydrogen-bond acceptors (Lipinski definition) is 2. The van der Waals surface area contributed by atoms with Crippen LogP contribution >= 0.6 is 12.2 Å². The monoisotopic (exact) mass is 228 g/mol. The van der Waals surface area contributed by atoms with E-state index in [-0.39, 0.29) is 11.8 Å². The van der Waals surface area contributed by atoms with Gasteiger partial charge in [0, 0.05) is 12.5 Å². The van der Waals surface area contributed by atoms with Crippen LogP contribution in [0.1, 0.15) is 33.1 Å². The maximum atomic E-state index is 12.1. The molecule has 3 nitrogen and oxygen atoms in total. The third kappa shape index (κ3) is 3.16. The molecule has 0 spiro atoms. The third-order valence-electron chi connectivity index (χ3n) is 3.22. The average molecular weight is 228 g/mol. The van der Waals surface area contributed by atoms with Crippen molar-refractivity contribution >= 4 is 23.1 Å². The van der Waals surface area contributed by atoms with Crippen LogP contribution in [0.3, 0.4) is 0 Å². The van der Waals surface area contributed by atoms with E-state index in [0.717, 1.165) is 6.42 Å². The first-order chi connectivity index (χ1) is 7.06. The fraction of sp³-hybridized carbons (Fsp3) is 0.818. The molecule has 1 rings (SSSR count).